The van der Waals surface area contributed by atoms with Gasteiger partial charge in [-0.15, -0.1) is 11.3 Å². The van der Waals surface area contributed by atoms with E-state index in [1.54, 1.807) is 12.1 Å². The van der Waals surface area contributed by atoms with Gasteiger partial charge in [0.15, 0.2) is 0 Å². The average Bonchev–Trinajstić information content (AvgIpc) is 3.31. The molecule has 0 unspecified atom stereocenters. The molecule has 1 aliphatic carbocycles. The van der Waals surface area contributed by atoms with Gasteiger partial charge < -0.3 is 0 Å². The Morgan fingerprint density at radius 2 is 1.78 bits per heavy atom. The molecular formula is C22H22FN3S. The first-order valence-corrected chi connectivity index (χ1v) is 10.1. The van der Waals surface area contributed by atoms with Crippen molar-refractivity contribution in [1.29, 1.82) is 0 Å². The minimum absolute atomic E-state index is 0.242. The molecule has 138 valence electrons. The average molecular weight is 380 g/mol. The summed E-state index contributed by atoms with van der Waals surface area (Å²) in [5.74, 6) is -0.242. The van der Waals surface area contributed by atoms with Crippen molar-refractivity contribution in [2.75, 3.05) is 0 Å². The number of nitrogens with zero attached hydrogens (tertiary/aromatic N) is 3. The third kappa shape index (κ3) is 3.65. The molecule has 27 heavy (non-hydrogen) atoms. The molecule has 5 heteroatoms. The van der Waals surface area contributed by atoms with E-state index in [9.17, 15) is 4.39 Å². The highest BCUT2D eigenvalue weighted by Gasteiger charge is 2.15. The molecule has 2 aromatic carbocycles. The summed E-state index contributed by atoms with van der Waals surface area (Å²) in [7, 11) is 0. The summed E-state index contributed by atoms with van der Waals surface area (Å²) in [6.45, 7) is 4.16. The number of hydrogen-bond donors (Lipinski definition) is 0. The Hall–Kier alpha value is -2.53. The number of hydrogen-bond acceptors (Lipinski definition) is 3. The van der Waals surface area contributed by atoms with Gasteiger partial charge in [-0.25, -0.2) is 14.1 Å². The van der Waals surface area contributed by atoms with Crippen molar-refractivity contribution in [3.05, 3.63) is 69.6 Å². The molecule has 0 bridgehead atoms. The molecule has 1 saturated carbocycles. The summed E-state index contributed by atoms with van der Waals surface area (Å²) in [6, 6.07) is 13.0. The normalized spacial score (nSPS) is 14.8. The molecule has 0 saturated heterocycles. The number of halogens is 1. The van der Waals surface area contributed by atoms with Crippen LogP contribution in [0.4, 0.5) is 10.1 Å². The standard InChI is InChI=1S/C22H22FN3S/c1-15-8-7-13-20(16(15)2)24-22-26(25-17-9-3-4-10-17)21(14-27-22)18-11-5-6-12-19(18)23/h5-8,11-14H,3-4,9-10H2,1-2H3. The van der Waals surface area contributed by atoms with Crippen molar-refractivity contribution < 1.29 is 4.39 Å². The van der Waals surface area contributed by atoms with Crippen LogP contribution in [0.15, 0.2) is 57.9 Å². The van der Waals surface area contributed by atoms with Crippen LogP contribution in [-0.4, -0.2) is 10.4 Å². The van der Waals surface area contributed by atoms with Gasteiger partial charge in [-0.2, -0.15) is 5.10 Å². The highest BCUT2D eigenvalue weighted by Crippen LogP contribution is 2.26. The molecule has 0 atom stereocenters. The topological polar surface area (TPSA) is 29.6 Å². The Bertz CT molecular complexity index is 1070. The van der Waals surface area contributed by atoms with E-state index in [0.717, 1.165) is 40.3 Å². The van der Waals surface area contributed by atoms with Gasteiger partial charge in [0.1, 0.15) is 5.82 Å². The van der Waals surface area contributed by atoms with Crippen LogP contribution in [-0.2, 0) is 0 Å². The summed E-state index contributed by atoms with van der Waals surface area (Å²) in [4.78, 5) is 5.64. The second kappa shape index (κ2) is 7.61. The minimum atomic E-state index is -0.242. The van der Waals surface area contributed by atoms with Crippen LogP contribution in [0.1, 0.15) is 36.8 Å². The molecular weight excluding hydrogens is 357 g/mol. The molecule has 1 aromatic heterocycles. The number of aromatic nitrogens is 1. The fraction of sp³-hybridized carbons (Fsp3) is 0.273. The Morgan fingerprint density at radius 3 is 2.56 bits per heavy atom. The molecule has 4 rings (SSSR count). The molecule has 3 nitrogen and oxygen atoms in total. The highest BCUT2D eigenvalue weighted by atomic mass is 32.1. The maximum absolute atomic E-state index is 14.4. The SMILES string of the molecule is Cc1cccc(N=c2scc(-c3ccccc3F)n2N=C2CCCC2)c1C. The second-order valence-electron chi connectivity index (χ2n) is 6.90. The van der Waals surface area contributed by atoms with E-state index in [2.05, 4.69) is 19.9 Å². The summed E-state index contributed by atoms with van der Waals surface area (Å²) >= 11 is 1.50. The van der Waals surface area contributed by atoms with Crippen molar-refractivity contribution in [3.63, 3.8) is 0 Å². The van der Waals surface area contributed by atoms with Gasteiger partial charge in [-0.05, 0) is 68.9 Å². The van der Waals surface area contributed by atoms with Gasteiger partial charge >= 0.3 is 0 Å². The molecule has 1 aliphatic rings. The Labute approximate surface area is 162 Å². The molecule has 3 aromatic rings. The van der Waals surface area contributed by atoms with E-state index in [0.29, 0.717) is 5.56 Å². The molecule has 0 spiro atoms. The Kier molecular flexibility index (Phi) is 5.03. The van der Waals surface area contributed by atoms with Crippen molar-refractivity contribution in [3.8, 4) is 11.3 Å². The van der Waals surface area contributed by atoms with E-state index in [-0.39, 0.29) is 5.82 Å². The van der Waals surface area contributed by atoms with E-state index < -0.39 is 0 Å². The number of benzene rings is 2. The predicted molar refractivity (Wildman–Crippen MR) is 110 cm³/mol. The van der Waals surface area contributed by atoms with Gasteiger partial charge in [0, 0.05) is 16.7 Å². The first-order chi connectivity index (χ1) is 13.1. The smallest absolute Gasteiger partial charge is 0.211 e. The van der Waals surface area contributed by atoms with Gasteiger partial charge in [-0.1, -0.05) is 24.3 Å². The number of rotatable bonds is 3. The summed E-state index contributed by atoms with van der Waals surface area (Å²) in [5, 5.41) is 6.81. The first-order valence-electron chi connectivity index (χ1n) is 9.26. The fourth-order valence-corrected chi connectivity index (χ4v) is 4.15. The van der Waals surface area contributed by atoms with Crippen LogP contribution in [0.3, 0.4) is 0 Å². The summed E-state index contributed by atoms with van der Waals surface area (Å²) < 4.78 is 16.3. The van der Waals surface area contributed by atoms with Gasteiger partial charge in [0.05, 0.1) is 11.4 Å². The maximum atomic E-state index is 14.4. The lowest BCUT2D eigenvalue weighted by atomic mass is 10.1. The predicted octanol–water partition coefficient (Wildman–Crippen LogP) is 5.98. The van der Waals surface area contributed by atoms with Crippen molar-refractivity contribution in [2.24, 2.45) is 10.1 Å². The van der Waals surface area contributed by atoms with Gasteiger partial charge in [0.2, 0.25) is 4.80 Å². The molecule has 0 aliphatic heterocycles. The van der Waals surface area contributed by atoms with E-state index >= 15 is 0 Å². The fourth-order valence-electron chi connectivity index (χ4n) is 3.31. The quantitative estimate of drug-likeness (QED) is 0.536. The van der Waals surface area contributed by atoms with E-state index in [4.69, 9.17) is 10.1 Å². The molecule has 0 amide bonds. The number of thiazole rings is 1. The van der Waals surface area contributed by atoms with Crippen molar-refractivity contribution in [1.82, 2.24) is 4.68 Å². The van der Waals surface area contributed by atoms with Crippen LogP contribution in [0, 0.1) is 19.7 Å². The molecule has 1 fully saturated rings. The van der Waals surface area contributed by atoms with Crippen LogP contribution in [0.25, 0.3) is 11.3 Å². The van der Waals surface area contributed by atoms with Gasteiger partial charge in [-0.3, -0.25) is 0 Å². The zero-order valence-electron chi connectivity index (χ0n) is 15.6. The second-order valence-corrected chi connectivity index (χ2v) is 7.74. The largest absolute Gasteiger partial charge is 0.219 e. The van der Waals surface area contributed by atoms with E-state index in [1.807, 2.05) is 28.3 Å². The van der Waals surface area contributed by atoms with Crippen LogP contribution < -0.4 is 4.80 Å². The molecule has 0 N–H and O–H groups in total. The molecule has 0 radical (unpaired) electrons. The van der Waals surface area contributed by atoms with Crippen molar-refractivity contribution >= 4 is 22.7 Å². The van der Waals surface area contributed by atoms with Crippen LogP contribution in [0.2, 0.25) is 0 Å². The third-order valence-electron chi connectivity index (χ3n) is 5.05. The lowest BCUT2D eigenvalue weighted by molar-refractivity contribution is 0.629. The third-order valence-corrected chi connectivity index (χ3v) is 5.87. The van der Waals surface area contributed by atoms with Crippen molar-refractivity contribution in [2.45, 2.75) is 39.5 Å². The summed E-state index contributed by atoms with van der Waals surface area (Å²) in [6.07, 6.45) is 4.34. The van der Waals surface area contributed by atoms with E-state index in [1.165, 1.54) is 35.8 Å². The number of aryl methyl sites for hydroxylation is 1. The summed E-state index contributed by atoms with van der Waals surface area (Å²) in [5.41, 5.74) is 5.75. The monoisotopic (exact) mass is 379 g/mol. The lowest BCUT2D eigenvalue weighted by Gasteiger charge is -2.07. The minimum Gasteiger partial charge on any atom is -0.219 e. The van der Waals surface area contributed by atoms with Crippen LogP contribution >= 0.6 is 11.3 Å². The zero-order chi connectivity index (χ0) is 18.8. The maximum Gasteiger partial charge on any atom is 0.211 e. The molecule has 1 heterocycles. The van der Waals surface area contributed by atoms with Crippen LogP contribution in [0.5, 0.6) is 0 Å². The highest BCUT2D eigenvalue weighted by molar-refractivity contribution is 7.07. The Balaban J connectivity index is 1.92. The zero-order valence-corrected chi connectivity index (χ0v) is 16.4. The first kappa shape index (κ1) is 17.9. The Morgan fingerprint density at radius 1 is 1.00 bits per heavy atom. The lowest BCUT2D eigenvalue weighted by Crippen LogP contribution is -2.13. The van der Waals surface area contributed by atoms with Gasteiger partial charge in [0.25, 0.3) is 0 Å².